The molecule has 6 rings (SSSR count). The minimum Gasteiger partial charge on any atom is -0.494 e. The van der Waals surface area contributed by atoms with Gasteiger partial charge in [0, 0.05) is 50.5 Å². The molecule has 6 heteroatoms. The molecule has 32 heavy (non-hydrogen) atoms. The van der Waals surface area contributed by atoms with Gasteiger partial charge in [0.05, 0.1) is 25.5 Å². The standard InChI is InChI=1S/C26H32N4O2/c1-2-11-30-25(18-27-26(30)6-1)23-19-29-10-3-5-24(29)22-17-20(7-8-21(22)23)32-14-4-9-28-12-15-31-16-13-28/h1-2,6-8,11,17-18,23-24H,3-5,9-10,12-16,19H2/t23-,24+/m0/s1. The van der Waals surface area contributed by atoms with Gasteiger partial charge in [-0.05, 0) is 61.2 Å². The van der Waals surface area contributed by atoms with Crippen molar-refractivity contribution in [2.24, 2.45) is 0 Å². The number of hydrogen-bond acceptors (Lipinski definition) is 5. The highest BCUT2D eigenvalue weighted by Crippen LogP contribution is 2.45. The molecule has 0 amide bonds. The highest BCUT2D eigenvalue weighted by molar-refractivity contribution is 5.48. The van der Waals surface area contributed by atoms with E-state index in [0.29, 0.717) is 12.0 Å². The van der Waals surface area contributed by atoms with Crippen LogP contribution in [0, 0.1) is 0 Å². The average Bonchev–Trinajstić information content (AvgIpc) is 3.49. The van der Waals surface area contributed by atoms with Gasteiger partial charge in [0.2, 0.25) is 0 Å². The van der Waals surface area contributed by atoms with E-state index >= 15 is 0 Å². The Morgan fingerprint density at radius 3 is 2.94 bits per heavy atom. The second-order valence-corrected chi connectivity index (χ2v) is 9.26. The lowest BCUT2D eigenvalue weighted by Crippen LogP contribution is -2.37. The lowest BCUT2D eigenvalue weighted by Gasteiger charge is -2.37. The molecule has 0 radical (unpaired) electrons. The summed E-state index contributed by atoms with van der Waals surface area (Å²) in [7, 11) is 0. The van der Waals surface area contributed by atoms with E-state index in [1.54, 1.807) is 0 Å². The quantitative estimate of drug-likeness (QED) is 0.556. The minimum absolute atomic E-state index is 0.340. The van der Waals surface area contributed by atoms with Gasteiger partial charge in [0.25, 0.3) is 0 Å². The number of benzene rings is 1. The summed E-state index contributed by atoms with van der Waals surface area (Å²) in [5.74, 6) is 1.35. The zero-order valence-corrected chi connectivity index (χ0v) is 18.7. The predicted molar refractivity (Wildman–Crippen MR) is 124 cm³/mol. The number of hydrogen-bond donors (Lipinski definition) is 0. The fraction of sp³-hybridized carbons (Fsp3) is 0.500. The molecule has 3 aliphatic heterocycles. The van der Waals surface area contributed by atoms with Crippen LogP contribution < -0.4 is 4.74 Å². The smallest absolute Gasteiger partial charge is 0.136 e. The number of aromatic nitrogens is 2. The second-order valence-electron chi connectivity index (χ2n) is 9.26. The van der Waals surface area contributed by atoms with E-state index in [2.05, 4.69) is 68.0 Å². The Labute approximate surface area is 189 Å². The van der Waals surface area contributed by atoms with Crippen LogP contribution in [-0.2, 0) is 4.74 Å². The first kappa shape index (κ1) is 20.2. The van der Waals surface area contributed by atoms with Crippen LogP contribution >= 0.6 is 0 Å². The number of morpholine rings is 1. The molecular formula is C26H32N4O2. The Balaban J connectivity index is 1.22. The van der Waals surface area contributed by atoms with Gasteiger partial charge in [-0.15, -0.1) is 0 Å². The second kappa shape index (κ2) is 8.85. The molecule has 2 saturated heterocycles. The molecule has 168 valence electrons. The van der Waals surface area contributed by atoms with E-state index in [1.165, 1.54) is 36.2 Å². The first-order valence-corrected chi connectivity index (χ1v) is 12.1. The van der Waals surface area contributed by atoms with E-state index in [0.717, 1.165) is 63.8 Å². The molecule has 0 unspecified atom stereocenters. The summed E-state index contributed by atoms with van der Waals surface area (Å²) in [6, 6.07) is 13.6. The van der Waals surface area contributed by atoms with Crippen molar-refractivity contribution in [3.8, 4) is 5.75 Å². The van der Waals surface area contributed by atoms with Crippen LogP contribution in [0.5, 0.6) is 5.75 Å². The number of fused-ring (bicyclic) bond motifs is 4. The molecule has 3 aromatic rings. The Morgan fingerprint density at radius 2 is 2.00 bits per heavy atom. The number of imidazole rings is 1. The highest BCUT2D eigenvalue weighted by Gasteiger charge is 2.37. The molecule has 1 aromatic carbocycles. The van der Waals surface area contributed by atoms with Crippen LogP contribution in [0.4, 0.5) is 0 Å². The largest absolute Gasteiger partial charge is 0.494 e. The molecule has 2 aromatic heterocycles. The van der Waals surface area contributed by atoms with Crippen molar-refractivity contribution >= 4 is 5.65 Å². The third kappa shape index (κ3) is 3.81. The third-order valence-corrected chi connectivity index (χ3v) is 7.37. The molecule has 3 aliphatic rings. The van der Waals surface area contributed by atoms with Crippen molar-refractivity contribution in [1.29, 1.82) is 0 Å². The molecule has 2 fully saturated rings. The van der Waals surface area contributed by atoms with Crippen molar-refractivity contribution in [1.82, 2.24) is 19.2 Å². The molecule has 0 aliphatic carbocycles. The maximum absolute atomic E-state index is 6.21. The molecule has 6 nitrogen and oxygen atoms in total. The first-order chi connectivity index (χ1) is 15.9. The monoisotopic (exact) mass is 432 g/mol. The molecule has 0 N–H and O–H groups in total. The SMILES string of the molecule is c1ccn2c([C@H]3CN4CCC[C@@H]4c4cc(OCCCN5CCOCC5)ccc43)cnc2c1. The van der Waals surface area contributed by atoms with Gasteiger partial charge in [0.15, 0.2) is 0 Å². The van der Waals surface area contributed by atoms with Crippen LogP contribution in [0.15, 0.2) is 48.8 Å². The minimum atomic E-state index is 0.340. The van der Waals surface area contributed by atoms with Crippen LogP contribution in [0.1, 0.15) is 48.0 Å². The highest BCUT2D eigenvalue weighted by atomic mass is 16.5. The van der Waals surface area contributed by atoms with E-state index in [-0.39, 0.29) is 0 Å². The summed E-state index contributed by atoms with van der Waals surface area (Å²) in [4.78, 5) is 9.80. The summed E-state index contributed by atoms with van der Waals surface area (Å²) >= 11 is 0. The van der Waals surface area contributed by atoms with E-state index in [4.69, 9.17) is 9.47 Å². The fourth-order valence-corrected chi connectivity index (χ4v) is 5.74. The summed E-state index contributed by atoms with van der Waals surface area (Å²) < 4.78 is 13.9. The lowest BCUT2D eigenvalue weighted by molar-refractivity contribution is 0.0358. The number of pyridine rings is 1. The van der Waals surface area contributed by atoms with Gasteiger partial charge < -0.3 is 13.9 Å². The fourth-order valence-electron chi connectivity index (χ4n) is 5.74. The molecule has 2 atom stereocenters. The van der Waals surface area contributed by atoms with Crippen molar-refractivity contribution < 1.29 is 9.47 Å². The van der Waals surface area contributed by atoms with Crippen molar-refractivity contribution in [3.05, 3.63) is 65.6 Å². The average molecular weight is 433 g/mol. The summed E-state index contributed by atoms with van der Waals surface area (Å²) in [5.41, 5.74) is 5.20. The summed E-state index contributed by atoms with van der Waals surface area (Å²) in [6.45, 7) is 7.90. The molecular weight excluding hydrogens is 400 g/mol. The maximum atomic E-state index is 6.21. The Morgan fingerprint density at radius 1 is 1.06 bits per heavy atom. The zero-order valence-electron chi connectivity index (χ0n) is 18.7. The zero-order chi connectivity index (χ0) is 21.3. The van der Waals surface area contributed by atoms with Gasteiger partial charge in [0.1, 0.15) is 11.4 Å². The van der Waals surface area contributed by atoms with Crippen LogP contribution in [0.2, 0.25) is 0 Å². The Hall–Kier alpha value is -2.41. The maximum Gasteiger partial charge on any atom is 0.136 e. The third-order valence-electron chi connectivity index (χ3n) is 7.37. The van der Waals surface area contributed by atoms with Crippen molar-refractivity contribution in [2.75, 3.05) is 52.5 Å². The topological polar surface area (TPSA) is 42.2 Å². The lowest BCUT2D eigenvalue weighted by atomic mass is 9.83. The van der Waals surface area contributed by atoms with Crippen LogP contribution in [0.3, 0.4) is 0 Å². The molecule has 5 heterocycles. The van der Waals surface area contributed by atoms with Gasteiger partial charge in [-0.2, -0.15) is 0 Å². The van der Waals surface area contributed by atoms with Crippen LogP contribution in [0.25, 0.3) is 5.65 Å². The molecule has 0 saturated carbocycles. The van der Waals surface area contributed by atoms with E-state index in [9.17, 15) is 0 Å². The van der Waals surface area contributed by atoms with Crippen molar-refractivity contribution in [3.63, 3.8) is 0 Å². The molecule has 0 spiro atoms. The number of rotatable bonds is 6. The number of nitrogens with zero attached hydrogens (tertiary/aromatic N) is 4. The Bertz CT molecular complexity index is 1070. The van der Waals surface area contributed by atoms with Crippen LogP contribution in [-0.4, -0.2) is 71.7 Å². The number of ether oxygens (including phenoxy) is 2. The van der Waals surface area contributed by atoms with Gasteiger partial charge in [-0.3, -0.25) is 9.80 Å². The van der Waals surface area contributed by atoms with Gasteiger partial charge in [-0.25, -0.2) is 4.98 Å². The van der Waals surface area contributed by atoms with Crippen molar-refractivity contribution in [2.45, 2.75) is 31.2 Å². The van der Waals surface area contributed by atoms with Gasteiger partial charge >= 0.3 is 0 Å². The summed E-state index contributed by atoms with van der Waals surface area (Å²) in [6.07, 6.45) is 7.77. The summed E-state index contributed by atoms with van der Waals surface area (Å²) in [5, 5.41) is 0. The molecule has 0 bridgehead atoms. The normalized spacial score (nSPS) is 23.9. The Kier molecular flexibility index (Phi) is 5.59. The van der Waals surface area contributed by atoms with E-state index in [1.807, 2.05) is 0 Å². The van der Waals surface area contributed by atoms with Gasteiger partial charge in [-0.1, -0.05) is 12.1 Å². The predicted octanol–water partition coefficient (Wildman–Crippen LogP) is 3.72. The first-order valence-electron chi connectivity index (χ1n) is 12.1. The van der Waals surface area contributed by atoms with E-state index < -0.39 is 0 Å².